The molecule has 1 aliphatic rings. The van der Waals surface area contributed by atoms with Crippen LogP contribution >= 0.6 is 0 Å². The van der Waals surface area contributed by atoms with Crippen LogP contribution < -0.4 is 10.1 Å². The van der Waals surface area contributed by atoms with Crippen LogP contribution in [0.1, 0.15) is 39.5 Å². The second-order valence-corrected chi connectivity index (χ2v) is 5.00. The number of hydrogen-bond acceptors (Lipinski definition) is 2. The predicted octanol–water partition coefficient (Wildman–Crippen LogP) is 4.22. The Hall–Kier alpha value is -1.25. The molecule has 1 saturated carbocycles. The molecule has 2 atom stereocenters. The second kappa shape index (κ2) is 6.07. The van der Waals surface area contributed by atoms with Crippen molar-refractivity contribution in [3.05, 3.63) is 24.0 Å². The molecular weight excluding hydrogens is 229 g/mol. The Morgan fingerprint density at radius 1 is 1.33 bits per heavy atom. The van der Waals surface area contributed by atoms with Gasteiger partial charge in [-0.15, -0.1) is 0 Å². The van der Waals surface area contributed by atoms with E-state index < -0.39 is 0 Å². The van der Waals surface area contributed by atoms with Crippen LogP contribution in [0.5, 0.6) is 5.75 Å². The number of anilines is 1. The quantitative estimate of drug-likeness (QED) is 0.846. The molecule has 1 aromatic carbocycles. The molecule has 0 amide bonds. The number of nitrogens with one attached hydrogen (secondary N) is 1. The van der Waals surface area contributed by atoms with Crippen molar-refractivity contribution < 1.29 is 9.13 Å². The Morgan fingerprint density at radius 2 is 2.17 bits per heavy atom. The molecule has 2 nitrogen and oxygen atoms in total. The van der Waals surface area contributed by atoms with Gasteiger partial charge in [0.2, 0.25) is 0 Å². The second-order valence-electron chi connectivity index (χ2n) is 5.00. The zero-order valence-corrected chi connectivity index (χ0v) is 11.2. The maximum Gasteiger partial charge on any atom is 0.145 e. The van der Waals surface area contributed by atoms with E-state index in [1.54, 1.807) is 6.07 Å². The molecule has 3 heteroatoms. The van der Waals surface area contributed by atoms with Gasteiger partial charge in [0.15, 0.2) is 0 Å². The summed E-state index contributed by atoms with van der Waals surface area (Å²) in [5.41, 5.74) is 0.917. The number of ether oxygens (including phenoxy) is 1. The minimum atomic E-state index is -0.248. The first-order valence-electron chi connectivity index (χ1n) is 6.91. The van der Waals surface area contributed by atoms with Crippen molar-refractivity contribution >= 4 is 5.69 Å². The first kappa shape index (κ1) is 13.2. The standard InChI is InChI=1S/C15H22FNO/c1-3-11-5-7-13(9-11)17-14-8-6-12(16)10-15(14)18-4-2/h6,8,10-11,13,17H,3-5,7,9H2,1-2H3. The van der Waals surface area contributed by atoms with Crippen molar-refractivity contribution in [1.29, 1.82) is 0 Å². The molecular formula is C15H22FNO. The Morgan fingerprint density at radius 3 is 2.83 bits per heavy atom. The van der Waals surface area contributed by atoms with Gasteiger partial charge in [-0.3, -0.25) is 0 Å². The summed E-state index contributed by atoms with van der Waals surface area (Å²) in [6.45, 7) is 4.72. The van der Waals surface area contributed by atoms with Gasteiger partial charge >= 0.3 is 0 Å². The van der Waals surface area contributed by atoms with Crippen LogP contribution in [0.15, 0.2) is 18.2 Å². The number of halogens is 1. The van der Waals surface area contributed by atoms with Crippen LogP contribution in [0, 0.1) is 11.7 Å². The fourth-order valence-corrected chi connectivity index (χ4v) is 2.69. The van der Waals surface area contributed by atoms with Crippen molar-refractivity contribution in [2.75, 3.05) is 11.9 Å². The molecule has 2 rings (SSSR count). The van der Waals surface area contributed by atoms with Crippen LogP contribution in [0.2, 0.25) is 0 Å². The maximum absolute atomic E-state index is 13.2. The molecule has 1 aromatic rings. The first-order chi connectivity index (χ1) is 8.72. The van der Waals surface area contributed by atoms with Crippen molar-refractivity contribution in [2.24, 2.45) is 5.92 Å². The van der Waals surface area contributed by atoms with Crippen LogP contribution in [-0.2, 0) is 0 Å². The number of rotatable bonds is 5. The van der Waals surface area contributed by atoms with Gasteiger partial charge < -0.3 is 10.1 Å². The fraction of sp³-hybridized carbons (Fsp3) is 0.600. The van der Waals surface area contributed by atoms with E-state index in [0.29, 0.717) is 18.4 Å². The highest BCUT2D eigenvalue weighted by Crippen LogP contribution is 2.33. The molecule has 1 aliphatic carbocycles. The van der Waals surface area contributed by atoms with Gasteiger partial charge in [0.25, 0.3) is 0 Å². The highest BCUT2D eigenvalue weighted by molar-refractivity contribution is 5.57. The van der Waals surface area contributed by atoms with Gasteiger partial charge in [0.1, 0.15) is 11.6 Å². The Balaban J connectivity index is 2.04. The zero-order chi connectivity index (χ0) is 13.0. The molecule has 18 heavy (non-hydrogen) atoms. The molecule has 0 heterocycles. The van der Waals surface area contributed by atoms with E-state index in [1.165, 1.54) is 37.8 Å². The molecule has 0 aromatic heterocycles. The summed E-state index contributed by atoms with van der Waals surface area (Å²) in [6.07, 6.45) is 4.94. The molecule has 0 bridgehead atoms. The molecule has 1 fully saturated rings. The van der Waals surface area contributed by atoms with E-state index in [1.807, 2.05) is 6.92 Å². The molecule has 0 spiro atoms. The first-order valence-corrected chi connectivity index (χ1v) is 6.91. The Labute approximate surface area is 109 Å². The summed E-state index contributed by atoms with van der Waals surface area (Å²) in [5.74, 6) is 1.21. The molecule has 0 aliphatic heterocycles. The van der Waals surface area contributed by atoms with Gasteiger partial charge in [-0.05, 0) is 44.2 Å². The summed E-state index contributed by atoms with van der Waals surface area (Å²) >= 11 is 0. The van der Waals surface area contributed by atoms with E-state index in [-0.39, 0.29) is 5.82 Å². The van der Waals surface area contributed by atoms with Crippen LogP contribution in [0.3, 0.4) is 0 Å². The Bertz CT molecular complexity index is 394. The van der Waals surface area contributed by atoms with Gasteiger partial charge in [-0.2, -0.15) is 0 Å². The SMILES string of the molecule is CCOc1cc(F)ccc1NC1CCC(CC)C1. The minimum Gasteiger partial charge on any atom is -0.492 e. The average molecular weight is 251 g/mol. The zero-order valence-electron chi connectivity index (χ0n) is 11.2. The summed E-state index contributed by atoms with van der Waals surface area (Å²) < 4.78 is 18.7. The van der Waals surface area contributed by atoms with E-state index in [0.717, 1.165) is 11.6 Å². The highest BCUT2D eigenvalue weighted by Gasteiger charge is 2.23. The Kier molecular flexibility index (Phi) is 4.45. The lowest BCUT2D eigenvalue weighted by Crippen LogP contribution is -2.16. The van der Waals surface area contributed by atoms with Gasteiger partial charge in [-0.1, -0.05) is 13.3 Å². The van der Waals surface area contributed by atoms with Gasteiger partial charge in [-0.25, -0.2) is 4.39 Å². The summed E-state index contributed by atoms with van der Waals surface area (Å²) in [4.78, 5) is 0. The lowest BCUT2D eigenvalue weighted by Gasteiger charge is -2.17. The third kappa shape index (κ3) is 3.15. The fourth-order valence-electron chi connectivity index (χ4n) is 2.69. The van der Waals surface area contributed by atoms with Crippen molar-refractivity contribution in [2.45, 2.75) is 45.6 Å². The lowest BCUT2D eigenvalue weighted by atomic mass is 10.1. The summed E-state index contributed by atoms with van der Waals surface area (Å²) in [7, 11) is 0. The smallest absolute Gasteiger partial charge is 0.145 e. The molecule has 0 radical (unpaired) electrons. The topological polar surface area (TPSA) is 21.3 Å². The van der Waals surface area contributed by atoms with Crippen molar-refractivity contribution in [3.63, 3.8) is 0 Å². The van der Waals surface area contributed by atoms with E-state index in [4.69, 9.17) is 4.74 Å². The van der Waals surface area contributed by atoms with E-state index >= 15 is 0 Å². The van der Waals surface area contributed by atoms with Crippen LogP contribution in [-0.4, -0.2) is 12.6 Å². The van der Waals surface area contributed by atoms with E-state index in [9.17, 15) is 4.39 Å². The number of benzene rings is 1. The normalized spacial score (nSPS) is 23.1. The van der Waals surface area contributed by atoms with Gasteiger partial charge in [0, 0.05) is 12.1 Å². The summed E-state index contributed by atoms with van der Waals surface area (Å²) in [6, 6.07) is 5.22. The van der Waals surface area contributed by atoms with Gasteiger partial charge in [0.05, 0.1) is 12.3 Å². The molecule has 1 N–H and O–H groups in total. The number of hydrogen-bond donors (Lipinski definition) is 1. The maximum atomic E-state index is 13.2. The van der Waals surface area contributed by atoms with E-state index in [2.05, 4.69) is 12.2 Å². The third-order valence-electron chi connectivity index (χ3n) is 3.72. The summed E-state index contributed by atoms with van der Waals surface area (Å²) in [5, 5.41) is 3.49. The predicted molar refractivity (Wildman–Crippen MR) is 72.6 cm³/mol. The highest BCUT2D eigenvalue weighted by atomic mass is 19.1. The monoisotopic (exact) mass is 251 g/mol. The van der Waals surface area contributed by atoms with Crippen molar-refractivity contribution in [1.82, 2.24) is 0 Å². The average Bonchev–Trinajstić information content (AvgIpc) is 2.81. The minimum absolute atomic E-state index is 0.248. The van der Waals surface area contributed by atoms with Crippen LogP contribution in [0.4, 0.5) is 10.1 Å². The van der Waals surface area contributed by atoms with Crippen LogP contribution in [0.25, 0.3) is 0 Å². The molecule has 2 unspecified atom stereocenters. The molecule has 100 valence electrons. The largest absolute Gasteiger partial charge is 0.492 e. The van der Waals surface area contributed by atoms with Crippen molar-refractivity contribution in [3.8, 4) is 5.75 Å². The lowest BCUT2D eigenvalue weighted by molar-refractivity contribution is 0.339. The molecule has 0 saturated heterocycles. The third-order valence-corrected chi connectivity index (χ3v) is 3.72.